The molecular formula is C21H25N3O3. The molecule has 1 heterocycles. The number of nitrogens with zero attached hydrogens (tertiary/aromatic N) is 2. The molecule has 2 amide bonds. The van der Waals surface area contributed by atoms with Crippen molar-refractivity contribution in [3.05, 3.63) is 71.8 Å². The summed E-state index contributed by atoms with van der Waals surface area (Å²) < 4.78 is 5.19. The van der Waals surface area contributed by atoms with Gasteiger partial charge in [-0.25, -0.2) is 4.79 Å². The van der Waals surface area contributed by atoms with Crippen molar-refractivity contribution in [2.45, 2.75) is 6.61 Å². The van der Waals surface area contributed by atoms with Gasteiger partial charge in [0.05, 0.1) is 0 Å². The Labute approximate surface area is 159 Å². The molecule has 6 heteroatoms. The lowest BCUT2D eigenvalue weighted by Crippen LogP contribution is -2.50. The molecule has 6 nitrogen and oxygen atoms in total. The first-order chi connectivity index (χ1) is 13.2. The maximum Gasteiger partial charge on any atom is 0.407 e. The predicted octanol–water partition coefficient (Wildman–Crippen LogP) is 2.37. The van der Waals surface area contributed by atoms with Crippen molar-refractivity contribution in [2.24, 2.45) is 0 Å². The molecule has 0 aromatic heterocycles. The highest BCUT2D eigenvalue weighted by atomic mass is 16.5. The monoisotopic (exact) mass is 367 g/mol. The van der Waals surface area contributed by atoms with Crippen LogP contribution < -0.4 is 5.32 Å². The van der Waals surface area contributed by atoms with Crippen LogP contribution in [0.15, 0.2) is 60.7 Å². The van der Waals surface area contributed by atoms with Crippen molar-refractivity contribution in [3.8, 4) is 0 Å². The number of piperazine rings is 1. The molecule has 0 aliphatic carbocycles. The first kappa shape index (κ1) is 18.9. The highest BCUT2D eigenvalue weighted by Gasteiger charge is 2.21. The Morgan fingerprint density at radius 3 is 2.19 bits per heavy atom. The lowest BCUT2D eigenvalue weighted by atomic mass is 10.2. The van der Waals surface area contributed by atoms with Crippen LogP contribution in [0.2, 0.25) is 0 Å². The average molecular weight is 367 g/mol. The van der Waals surface area contributed by atoms with E-state index in [9.17, 15) is 9.59 Å². The summed E-state index contributed by atoms with van der Waals surface area (Å²) in [5.74, 6) is 0.0814. The number of carbonyl (C=O) groups is 2. The number of ether oxygens (including phenoxy) is 1. The van der Waals surface area contributed by atoms with Gasteiger partial charge in [0.25, 0.3) is 5.91 Å². The number of amides is 2. The zero-order valence-electron chi connectivity index (χ0n) is 15.3. The second-order valence-corrected chi connectivity index (χ2v) is 6.49. The zero-order valence-corrected chi connectivity index (χ0v) is 15.3. The van der Waals surface area contributed by atoms with Gasteiger partial charge in [0.15, 0.2) is 0 Å². The van der Waals surface area contributed by atoms with Crippen LogP contribution in [0.3, 0.4) is 0 Å². The fraction of sp³-hybridized carbons (Fsp3) is 0.333. The number of hydrogen-bond donors (Lipinski definition) is 1. The molecule has 0 bridgehead atoms. The highest BCUT2D eigenvalue weighted by Crippen LogP contribution is 2.08. The third-order valence-electron chi connectivity index (χ3n) is 4.59. The average Bonchev–Trinajstić information content (AvgIpc) is 2.74. The molecule has 2 aromatic rings. The summed E-state index contributed by atoms with van der Waals surface area (Å²) in [7, 11) is 0. The van der Waals surface area contributed by atoms with Gasteiger partial charge in [-0.1, -0.05) is 48.5 Å². The minimum absolute atomic E-state index is 0.0814. The molecule has 1 saturated heterocycles. The van der Waals surface area contributed by atoms with Crippen LogP contribution in [-0.4, -0.2) is 61.1 Å². The van der Waals surface area contributed by atoms with E-state index in [-0.39, 0.29) is 12.5 Å². The fourth-order valence-corrected chi connectivity index (χ4v) is 3.03. The summed E-state index contributed by atoms with van der Waals surface area (Å²) in [4.78, 5) is 28.3. The lowest BCUT2D eigenvalue weighted by Gasteiger charge is -2.34. The molecule has 1 aliphatic rings. The van der Waals surface area contributed by atoms with Gasteiger partial charge in [0.1, 0.15) is 6.61 Å². The van der Waals surface area contributed by atoms with E-state index in [1.807, 2.05) is 65.6 Å². The summed E-state index contributed by atoms with van der Waals surface area (Å²) in [5, 5.41) is 2.78. The van der Waals surface area contributed by atoms with Crippen LogP contribution in [0.1, 0.15) is 15.9 Å². The van der Waals surface area contributed by atoms with Crippen molar-refractivity contribution in [1.29, 1.82) is 0 Å². The molecule has 1 fully saturated rings. The third-order valence-corrected chi connectivity index (χ3v) is 4.59. The van der Waals surface area contributed by atoms with Crippen molar-refractivity contribution in [2.75, 3.05) is 39.3 Å². The molecular weight excluding hydrogens is 342 g/mol. The molecule has 0 atom stereocenters. The van der Waals surface area contributed by atoms with Gasteiger partial charge in [0, 0.05) is 44.8 Å². The van der Waals surface area contributed by atoms with Crippen molar-refractivity contribution < 1.29 is 14.3 Å². The molecule has 0 radical (unpaired) electrons. The molecule has 0 spiro atoms. The van der Waals surface area contributed by atoms with Gasteiger partial charge in [-0.2, -0.15) is 0 Å². The lowest BCUT2D eigenvalue weighted by molar-refractivity contribution is 0.0638. The Hall–Kier alpha value is -2.86. The standard InChI is InChI=1S/C21H25N3O3/c25-20(19-9-5-2-6-10-19)24-15-13-23(14-16-24)12-11-22-21(26)27-17-18-7-3-1-4-8-18/h1-10H,11-17H2,(H,22,26). The van der Waals surface area contributed by atoms with Crippen LogP contribution in [0, 0.1) is 0 Å². The van der Waals surface area contributed by atoms with E-state index in [2.05, 4.69) is 10.2 Å². The zero-order chi connectivity index (χ0) is 18.9. The third kappa shape index (κ3) is 5.82. The Morgan fingerprint density at radius 1 is 0.889 bits per heavy atom. The molecule has 0 unspecified atom stereocenters. The van der Waals surface area contributed by atoms with Crippen LogP contribution in [0.5, 0.6) is 0 Å². The SMILES string of the molecule is O=C(NCCN1CCN(C(=O)c2ccccc2)CC1)OCc1ccccc1. The summed E-state index contributed by atoms with van der Waals surface area (Å²) in [6.07, 6.45) is -0.406. The van der Waals surface area contributed by atoms with Gasteiger partial charge in [-0.15, -0.1) is 0 Å². The van der Waals surface area contributed by atoms with Crippen LogP contribution >= 0.6 is 0 Å². The highest BCUT2D eigenvalue weighted by molar-refractivity contribution is 5.94. The van der Waals surface area contributed by atoms with Crippen molar-refractivity contribution in [1.82, 2.24) is 15.1 Å². The van der Waals surface area contributed by atoms with E-state index in [0.29, 0.717) is 19.6 Å². The molecule has 0 saturated carbocycles. The normalized spacial score (nSPS) is 14.6. The molecule has 1 aliphatic heterocycles. The molecule has 2 aromatic carbocycles. The van der Waals surface area contributed by atoms with Crippen LogP contribution in [0.25, 0.3) is 0 Å². The Morgan fingerprint density at radius 2 is 1.52 bits per heavy atom. The van der Waals surface area contributed by atoms with Gasteiger partial charge in [-0.05, 0) is 17.7 Å². The number of rotatable bonds is 6. The van der Waals surface area contributed by atoms with E-state index in [0.717, 1.165) is 30.8 Å². The van der Waals surface area contributed by atoms with E-state index in [1.54, 1.807) is 0 Å². The second kappa shape index (κ2) is 9.73. The van der Waals surface area contributed by atoms with Crippen molar-refractivity contribution >= 4 is 12.0 Å². The van der Waals surface area contributed by atoms with E-state index >= 15 is 0 Å². The van der Waals surface area contributed by atoms with E-state index < -0.39 is 6.09 Å². The smallest absolute Gasteiger partial charge is 0.407 e. The predicted molar refractivity (Wildman–Crippen MR) is 103 cm³/mol. The second-order valence-electron chi connectivity index (χ2n) is 6.49. The summed E-state index contributed by atoms with van der Waals surface area (Å²) >= 11 is 0. The number of hydrogen-bond acceptors (Lipinski definition) is 4. The minimum Gasteiger partial charge on any atom is -0.445 e. The first-order valence-corrected chi connectivity index (χ1v) is 9.23. The van der Waals surface area contributed by atoms with E-state index in [1.165, 1.54) is 0 Å². The maximum absolute atomic E-state index is 12.4. The van der Waals surface area contributed by atoms with Gasteiger partial charge in [-0.3, -0.25) is 9.69 Å². The Balaban J connectivity index is 1.31. The van der Waals surface area contributed by atoms with Gasteiger partial charge in [0.2, 0.25) is 0 Å². The largest absolute Gasteiger partial charge is 0.445 e. The Bertz CT molecular complexity index is 729. The number of carbonyl (C=O) groups excluding carboxylic acids is 2. The van der Waals surface area contributed by atoms with Gasteiger partial charge >= 0.3 is 6.09 Å². The summed E-state index contributed by atoms with van der Waals surface area (Å²) in [6.45, 7) is 4.55. The molecule has 142 valence electrons. The fourth-order valence-electron chi connectivity index (χ4n) is 3.03. The molecule has 1 N–H and O–H groups in total. The minimum atomic E-state index is -0.406. The van der Waals surface area contributed by atoms with Crippen LogP contribution in [-0.2, 0) is 11.3 Å². The molecule has 3 rings (SSSR count). The molecule has 27 heavy (non-hydrogen) atoms. The number of alkyl carbamates (subject to hydrolysis) is 1. The van der Waals surface area contributed by atoms with Crippen molar-refractivity contribution in [3.63, 3.8) is 0 Å². The van der Waals surface area contributed by atoms with Crippen LogP contribution in [0.4, 0.5) is 4.79 Å². The Kier molecular flexibility index (Phi) is 6.82. The first-order valence-electron chi connectivity index (χ1n) is 9.23. The van der Waals surface area contributed by atoms with E-state index in [4.69, 9.17) is 4.74 Å². The number of benzene rings is 2. The number of nitrogens with one attached hydrogen (secondary N) is 1. The quantitative estimate of drug-likeness (QED) is 0.852. The summed E-state index contributed by atoms with van der Waals surface area (Å²) in [6, 6.07) is 19.0. The topological polar surface area (TPSA) is 61.9 Å². The van der Waals surface area contributed by atoms with Gasteiger partial charge < -0.3 is 15.0 Å². The maximum atomic E-state index is 12.4. The summed E-state index contributed by atoms with van der Waals surface area (Å²) in [5.41, 5.74) is 1.70.